The number of aryl methyl sites for hydroxylation is 2. The smallest absolute Gasteiger partial charge is 0.253 e. The number of nitrogens with zero attached hydrogens (tertiary/aromatic N) is 7. The molecule has 1 fully saturated rings. The number of likely N-dealkylation sites (tertiary alicyclic amines) is 1. The Kier molecular flexibility index (Phi) is 9.50. The second-order valence-corrected chi connectivity index (χ2v) is 14.2. The van der Waals surface area contributed by atoms with E-state index in [1.165, 1.54) is 0 Å². The fraction of sp³-hybridized carbons (Fsp3) is 0.514. The SMILES string of the molecule is CN(C)C(=O)c1ccc2c(c1)CCc1cc(C(=O)N(C)C)ccc1C2(C[C@@H](NCC(=O)N1CCCC1C#N)C(C)(C)C)c1nnn[nH]1. The first kappa shape index (κ1) is 33.7. The molecule has 1 aliphatic carbocycles. The molecule has 47 heavy (non-hydrogen) atoms. The van der Waals surface area contributed by atoms with E-state index in [0.717, 1.165) is 28.7 Å². The molecule has 0 radical (unpaired) electrons. The quantitative estimate of drug-likeness (QED) is 0.382. The Bertz CT molecular complexity index is 1610. The predicted molar refractivity (Wildman–Crippen MR) is 177 cm³/mol. The molecule has 248 valence electrons. The number of aromatic nitrogens is 4. The van der Waals surface area contributed by atoms with Crippen molar-refractivity contribution in [2.75, 3.05) is 41.3 Å². The molecule has 2 aromatic carbocycles. The molecule has 1 unspecified atom stereocenters. The molecule has 1 aliphatic heterocycles. The Morgan fingerprint density at radius 1 is 1.02 bits per heavy atom. The van der Waals surface area contributed by atoms with Gasteiger partial charge in [-0.25, -0.2) is 5.10 Å². The number of carbonyl (C=O) groups excluding carboxylic acids is 3. The van der Waals surface area contributed by atoms with Gasteiger partial charge < -0.3 is 20.0 Å². The first-order chi connectivity index (χ1) is 22.3. The van der Waals surface area contributed by atoms with Crippen LogP contribution in [-0.4, -0.2) is 106 Å². The summed E-state index contributed by atoms with van der Waals surface area (Å²) >= 11 is 0. The maximum atomic E-state index is 13.4. The van der Waals surface area contributed by atoms with Gasteiger partial charge in [0.1, 0.15) is 6.04 Å². The molecule has 12 heteroatoms. The number of nitriles is 1. The Hall–Kier alpha value is -4.63. The number of hydrogen-bond donors (Lipinski definition) is 2. The van der Waals surface area contributed by atoms with E-state index in [2.05, 4.69) is 52.8 Å². The summed E-state index contributed by atoms with van der Waals surface area (Å²) < 4.78 is 0. The van der Waals surface area contributed by atoms with Crippen LogP contribution in [0.25, 0.3) is 0 Å². The van der Waals surface area contributed by atoms with E-state index in [9.17, 15) is 19.6 Å². The van der Waals surface area contributed by atoms with E-state index >= 15 is 0 Å². The summed E-state index contributed by atoms with van der Waals surface area (Å²) in [7, 11) is 6.94. The summed E-state index contributed by atoms with van der Waals surface area (Å²) in [5.41, 5.74) is 3.82. The third kappa shape index (κ3) is 6.49. The number of fused-ring (bicyclic) bond motifs is 2. The molecule has 0 spiro atoms. The van der Waals surface area contributed by atoms with Gasteiger partial charge >= 0.3 is 0 Å². The number of benzene rings is 2. The minimum Gasteiger partial charge on any atom is -0.345 e. The zero-order chi connectivity index (χ0) is 34.1. The van der Waals surface area contributed by atoms with Gasteiger partial charge in [0, 0.05) is 51.9 Å². The summed E-state index contributed by atoms with van der Waals surface area (Å²) in [6.07, 6.45) is 3.24. The number of rotatable bonds is 8. The van der Waals surface area contributed by atoms with E-state index in [1.54, 1.807) is 42.9 Å². The van der Waals surface area contributed by atoms with Crippen LogP contribution in [-0.2, 0) is 23.1 Å². The zero-order valence-corrected chi connectivity index (χ0v) is 28.4. The summed E-state index contributed by atoms with van der Waals surface area (Å²) in [5, 5.41) is 28.8. The lowest BCUT2D eigenvalue weighted by atomic mass is 9.64. The summed E-state index contributed by atoms with van der Waals surface area (Å²) in [6.45, 7) is 7.05. The third-order valence-corrected chi connectivity index (χ3v) is 9.63. The second kappa shape index (κ2) is 13.2. The molecule has 3 aromatic rings. The number of H-pyrrole nitrogens is 1. The molecule has 5 rings (SSSR count). The molecule has 2 heterocycles. The van der Waals surface area contributed by atoms with Crippen molar-refractivity contribution >= 4 is 17.7 Å². The maximum absolute atomic E-state index is 13.4. The molecule has 0 bridgehead atoms. The molecule has 1 aromatic heterocycles. The van der Waals surface area contributed by atoms with Crippen LogP contribution in [0.15, 0.2) is 36.4 Å². The average Bonchev–Trinajstić information content (AvgIpc) is 3.73. The van der Waals surface area contributed by atoms with Crippen LogP contribution >= 0.6 is 0 Å². The Balaban J connectivity index is 1.68. The molecule has 2 atom stereocenters. The van der Waals surface area contributed by atoms with Crippen LogP contribution in [0.1, 0.15) is 88.8 Å². The fourth-order valence-electron chi connectivity index (χ4n) is 7.04. The highest BCUT2D eigenvalue weighted by Crippen LogP contribution is 2.48. The van der Waals surface area contributed by atoms with Crippen molar-refractivity contribution in [1.29, 1.82) is 5.26 Å². The van der Waals surface area contributed by atoms with Gasteiger partial charge in [-0.05, 0) is 94.5 Å². The topological polar surface area (TPSA) is 151 Å². The second-order valence-electron chi connectivity index (χ2n) is 14.2. The van der Waals surface area contributed by atoms with Crippen molar-refractivity contribution in [3.05, 3.63) is 75.6 Å². The number of amides is 3. The lowest BCUT2D eigenvalue weighted by Crippen LogP contribution is -2.51. The maximum Gasteiger partial charge on any atom is 0.253 e. The lowest BCUT2D eigenvalue weighted by molar-refractivity contribution is -0.130. The van der Waals surface area contributed by atoms with Crippen molar-refractivity contribution in [1.82, 2.24) is 40.6 Å². The van der Waals surface area contributed by atoms with Gasteiger partial charge in [-0.3, -0.25) is 14.4 Å². The van der Waals surface area contributed by atoms with Crippen molar-refractivity contribution in [2.24, 2.45) is 5.41 Å². The van der Waals surface area contributed by atoms with Gasteiger partial charge in [0.05, 0.1) is 18.0 Å². The Morgan fingerprint density at radius 3 is 2.06 bits per heavy atom. The minimum absolute atomic E-state index is 0.0805. The molecule has 12 nitrogen and oxygen atoms in total. The van der Waals surface area contributed by atoms with Crippen LogP contribution in [0, 0.1) is 16.7 Å². The third-order valence-electron chi connectivity index (χ3n) is 9.63. The molecule has 0 saturated carbocycles. The van der Waals surface area contributed by atoms with Gasteiger partial charge in [0.2, 0.25) is 5.91 Å². The number of hydrogen-bond acceptors (Lipinski definition) is 8. The predicted octanol–water partition coefficient (Wildman–Crippen LogP) is 2.95. The van der Waals surface area contributed by atoms with E-state index in [1.807, 2.05) is 36.4 Å². The van der Waals surface area contributed by atoms with Crippen LogP contribution < -0.4 is 5.32 Å². The number of aromatic amines is 1. The zero-order valence-electron chi connectivity index (χ0n) is 28.4. The number of carbonyl (C=O) groups is 3. The fourth-order valence-corrected chi connectivity index (χ4v) is 7.04. The highest BCUT2D eigenvalue weighted by Gasteiger charge is 2.47. The minimum atomic E-state index is -0.930. The first-order valence-electron chi connectivity index (χ1n) is 16.1. The van der Waals surface area contributed by atoms with Crippen LogP contribution in [0.4, 0.5) is 0 Å². The molecule has 3 amide bonds. The molecule has 2 aliphatic rings. The van der Waals surface area contributed by atoms with Crippen molar-refractivity contribution in [3.8, 4) is 6.07 Å². The summed E-state index contributed by atoms with van der Waals surface area (Å²) in [6, 6.07) is 13.3. The van der Waals surface area contributed by atoms with Gasteiger partial charge in [0.25, 0.3) is 11.8 Å². The lowest BCUT2D eigenvalue weighted by Gasteiger charge is -2.42. The van der Waals surface area contributed by atoms with E-state index < -0.39 is 11.5 Å². The van der Waals surface area contributed by atoms with Gasteiger partial charge in [0.15, 0.2) is 5.82 Å². The molecule has 1 saturated heterocycles. The van der Waals surface area contributed by atoms with Gasteiger partial charge in [-0.1, -0.05) is 32.9 Å². The highest BCUT2D eigenvalue weighted by atomic mass is 16.2. The highest BCUT2D eigenvalue weighted by molar-refractivity contribution is 5.95. The van der Waals surface area contributed by atoms with E-state index in [0.29, 0.717) is 49.2 Å². The Morgan fingerprint density at radius 2 is 1.60 bits per heavy atom. The molecular weight excluding hydrogens is 594 g/mol. The van der Waals surface area contributed by atoms with Crippen LogP contribution in [0.2, 0.25) is 0 Å². The van der Waals surface area contributed by atoms with Crippen molar-refractivity contribution in [2.45, 2.75) is 70.4 Å². The average molecular weight is 640 g/mol. The van der Waals surface area contributed by atoms with E-state index in [-0.39, 0.29) is 35.7 Å². The first-order valence-corrected chi connectivity index (χ1v) is 16.1. The number of nitrogens with one attached hydrogen (secondary N) is 2. The Labute approximate surface area is 276 Å². The monoisotopic (exact) mass is 639 g/mol. The standard InChI is InChI=1S/C35H45N9O3/c1-34(2,3)29(37-21-30(45)44-16-8-9-26(44)20-36)19-35(33-38-40-41-39-33)27-14-12-24(31(46)42(4)5)17-22(27)10-11-23-18-25(13-15-28(23)35)32(47)43(6)7/h12-15,17-18,26,29,37H,8-11,16,19,21H2,1-7H3,(H,38,39,40,41)/t26?,29-/m1/s1. The normalized spacial score (nSPS) is 17.6. The largest absolute Gasteiger partial charge is 0.345 e. The molecular formula is C35H45N9O3. The molecule has 2 N–H and O–H groups in total. The number of tetrazole rings is 1. The van der Waals surface area contributed by atoms with Crippen LogP contribution in [0.3, 0.4) is 0 Å². The summed E-state index contributed by atoms with van der Waals surface area (Å²) in [4.78, 5) is 44.4. The van der Waals surface area contributed by atoms with Gasteiger partial charge in [-0.2, -0.15) is 5.26 Å². The van der Waals surface area contributed by atoms with Crippen LogP contribution in [0.5, 0.6) is 0 Å². The summed E-state index contributed by atoms with van der Waals surface area (Å²) in [5.74, 6) is 0.252. The van der Waals surface area contributed by atoms with E-state index in [4.69, 9.17) is 0 Å². The van der Waals surface area contributed by atoms with Gasteiger partial charge in [-0.15, -0.1) is 5.10 Å². The van der Waals surface area contributed by atoms with Crippen molar-refractivity contribution < 1.29 is 14.4 Å². The van der Waals surface area contributed by atoms with Crippen molar-refractivity contribution in [3.63, 3.8) is 0 Å².